The minimum atomic E-state index is -0.153. The fraction of sp³-hybridized carbons (Fsp3) is 0.389. The summed E-state index contributed by atoms with van der Waals surface area (Å²) < 4.78 is 0.925. The van der Waals surface area contributed by atoms with E-state index in [0.29, 0.717) is 12.5 Å². The lowest BCUT2D eigenvalue weighted by molar-refractivity contribution is -0.114. The minimum Gasteiger partial charge on any atom is -0.357 e. The van der Waals surface area contributed by atoms with E-state index in [9.17, 15) is 4.79 Å². The second-order valence-electron chi connectivity index (χ2n) is 5.89. The van der Waals surface area contributed by atoms with E-state index in [1.807, 2.05) is 56.3 Å². The normalized spacial score (nSPS) is 10.9. The van der Waals surface area contributed by atoms with Gasteiger partial charge in [0, 0.05) is 29.1 Å². The SMILES string of the molecule is CCNC(=NCC(=O)Nc1cc(Br)ccc1C)N(C)Cc1csc(C)n1.I. The van der Waals surface area contributed by atoms with Crippen molar-refractivity contribution in [3.63, 3.8) is 0 Å². The summed E-state index contributed by atoms with van der Waals surface area (Å²) in [6, 6.07) is 5.79. The number of nitrogens with one attached hydrogen (secondary N) is 2. The Morgan fingerprint density at radius 2 is 2.11 bits per heavy atom. The van der Waals surface area contributed by atoms with Gasteiger partial charge < -0.3 is 15.5 Å². The molecule has 1 heterocycles. The van der Waals surface area contributed by atoms with E-state index in [-0.39, 0.29) is 36.4 Å². The molecule has 1 aromatic carbocycles. The van der Waals surface area contributed by atoms with Gasteiger partial charge in [0.15, 0.2) is 5.96 Å². The van der Waals surface area contributed by atoms with E-state index >= 15 is 0 Å². The van der Waals surface area contributed by atoms with Gasteiger partial charge in [0.25, 0.3) is 0 Å². The number of rotatable bonds is 6. The van der Waals surface area contributed by atoms with Crippen molar-refractivity contribution in [3.05, 3.63) is 44.3 Å². The molecule has 2 aromatic rings. The van der Waals surface area contributed by atoms with Crippen LogP contribution in [-0.2, 0) is 11.3 Å². The summed E-state index contributed by atoms with van der Waals surface area (Å²) in [6.07, 6.45) is 0. The standard InChI is InChI=1S/C18H24BrN5OS.HI/c1-5-20-18(24(4)10-15-11-26-13(3)22-15)21-9-17(25)23-16-8-14(19)7-6-12(16)2;/h6-8,11H,5,9-10H2,1-4H3,(H,20,21)(H,23,25);1H. The van der Waals surface area contributed by atoms with Crippen molar-refractivity contribution in [3.8, 4) is 0 Å². The number of guanidine groups is 1. The highest BCUT2D eigenvalue weighted by atomic mass is 127. The van der Waals surface area contributed by atoms with E-state index in [2.05, 4.69) is 36.5 Å². The van der Waals surface area contributed by atoms with Crippen molar-refractivity contribution in [2.45, 2.75) is 27.3 Å². The van der Waals surface area contributed by atoms with Gasteiger partial charge in [0.1, 0.15) is 6.54 Å². The Morgan fingerprint density at radius 3 is 2.74 bits per heavy atom. The maximum absolute atomic E-state index is 12.3. The Morgan fingerprint density at radius 1 is 1.37 bits per heavy atom. The van der Waals surface area contributed by atoms with Crippen LogP contribution >= 0.6 is 51.2 Å². The number of halogens is 2. The van der Waals surface area contributed by atoms with Gasteiger partial charge in [-0.15, -0.1) is 35.3 Å². The van der Waals surface area contributed by atoms with Crippen molar-refractivity contribution in [1.82, 2.24) is 15.2 Å². The van der Waals surface area contributed by atoms with Gasteiger partial charge in [0.2, 0.25) is 5.91 Å². The quantitative estimate of drug-likeness (QED) is 0.313. The van der Waals surface area contributed by atoms with E-state index in [0.717, 1.165) is 33.0 Å². The molecule has 148 valence electrons. The van der Waals surface area contributed by atoms with E-state index in [1.54, 1.807) is 11.3 Å². The van der Waals surface area contributed by atoms with Crippen LogP contribution in [0.15, 0.2) is 33.0 Å². The van der Waals surface area contributed by atoms with Gasteiger partial charge in [-0.1, -0.05) is 22.0 Å². The van der Waals surface area contributed by atoms with E-state index in [4.69, 9.17) is 0 Å². The molecule has 0 aliphatic rings. The van der Waals surface area contributed by atoms with Crippen LogP contribution in [0.2, 0.25) is 0 Å². The average molecular weight is 566 g/mol. The number of anilines is 1. The molecule has 1 aromatic heterocycles. The number of amides is 1. The third kappa shape index (κ3) is 7.74. The summed E-state index contributed by atoms with van der Waals surface area (Å²) >= 11 is 5.05. The molecule has 1 amide bonds. The molecule has 6 nitrogen and oxygen atoms in total. The van der Waals surface area contributed by atoms with Gasteiger partial charge in [-0.3, -0.25) is 4.79 Å². The van der Waals surface area contributed by atoms with Crippen LogP contribution < -0.4 is 10.6 Å². The first-order valence-electron chi connectivity index (χ1n) is 8.35. The Bertz CT molecular complexity index is 796. The third-order valence-corrected chi connectivity index (χ3v) is 4.92. The smallest absolute Gasteiger partial charge is 0.246 e. The Labute approximate surface area is 190 Å². The summed E-state index contributed by atoms with van der Waals surface area (Å²) in [4.78, 5) is 23.2. The molecule has 0 atom stereocenters. The lowest BCUT2D eigenvalue weighted by atomic mass is 10.2. The molecule has 0 aliphatic heterocycles. The zero-order valence-electron chi connectivity index (χ0n) is 15.9. The first-order valence-corrected chi connectivity index (χ1v) is 10.0. The maximum Gasteiger partial charge on any atom is 0.246 e. The summed E-state index contributed by atoms with van der Waals surface area (Å²) in [5, 5.41) is 9.20. The molecule has 0 aliphatic carbocycles. The molecular weight excluding hydrogens is 541 g/mol. The van der Waals surface area contributed by atoms with Crippen molar-refractivity contribution in [1.29, 1.82) is 0 Å². The van der Waals surface area contributed by atoms with Crippen LogP contribution in [0.5, 0.6) is 0 Å². The lowest BCUT2D eigenvalue weighted by Gasteiger charge is -2.21. The summed E-state index contributed by atoms with van der Waals surface area (Å²) in [5.74, 6) is 0.527. The van der Waals surface area contributed by atoms with Crippen LogP contribution in [-0.4, -0.2) is 41.9 Å². The van der Waals surface area contributed by atoms with Gasteiger partial charge >= 0.3 is 0 Å². The van der Waals surface area contributed by atoms with Crippen LogP contribution in [0, 0.1) is 13.8 Å². The highest BCUT2D eigenvalue weighted by Crippen LogP contribution is 2.20. The summed E-state index contributed by atoms with van der Waals surface area (Å²) in [6.45, 7) is 7.37. The number of benzene rings is 1. The number of carbonyl (C=O) groups is 1. The molecule has 2 N–H and O–H groups in total. The van der Waals surface area contributed by atoms with Crippen LogP contribution in [0.25, 0.3) is 0 Å². The maximum atomic E-state index is 12.3. The van der Waals surface area contributed by atoms with E-state index in [1.165, 1.54) is 0 Å². The van der Waals surface area contributed by atoms with Gasteiger partial charge in [-0.05, 0) is 38.5 Å². The van der Waals surface area contributed by atoms with Crippen molar-refractivity contribution in [2.75, 3.05) is 25.5 Å². The fourth-order valence-electron chi connectivity index (χ4n) is 2.33. The lowest BCUT2D eigenvalue weighted by Crippen LogP contribution is -2.39. The fourth-order valence-corrected chi connectivity index (χ4v) is 3.30. The highest BCUT2D eigenvalue weighted by Gasteiger charge is 2.10. The first-order chi connectivity index (χ1) is 12.4. The largest absolute Gasteiger partial charge is 0.357 e. The predicted molar refractivity (Wildman–Crippen MR) is 127 cm³/mol. The number of aryl methyl sites for hydroxylation is 2. The molecule has 0 radical (unpaired) electrons. The van der Waals surface area contributed by atoms with Crippen molar-refractivity contribution >= 4 is 68.8 Å². The second-order valence-corrected chi connectivity index (χ2v) is 7.87. The summed E-state index contributed by atoms with van der Waals surface area (Å²) in [7, 11) is 1.94. The topological polar surface area (TPSA) is 69.6 Å². The Kier molecular flexibility index (Phi) is 10.2. The van der Waals surface area contributed by atoms with Crippen LogP contribution in [0.3, 0.4) is 0 Å². The number of hydrogen-bond acceptors (Lipinski definition) is 4. The minimum absolute atomic E-state index is 0. The monoisotopic (exact) mass is 565 g/mol. The molecule has 2 rings (SSSR count). The molecular formula is C18H25BrIN5OS. The van der Waals surface area contributed by atoms with Gasteiger partial charge in [0.05, 0.1) is 17.2 Å². The molecule has 0 saturated carbocycles. The van der Waals surface area contributed by atoms with Crippen LogP contribution in [0.1, 0.15) is 23.2 Å². The van der Waals surface area contributed by atoms with Gasteiger partial charge in [-0.2, -0.15) is 0 Å². The number of aliphatic imine (C=N–C) groups is 1. The molecule has 0 spiro atoms. The molecule has 0 saturated heterocycles. The molecule has 0 bridgehead atoms. The second kappa shape index (κ2) is 11.6. The molecule has 27 heavy (non-hydrogen) atoms. The molecule has 9 heteroatoms. The molecule has 0 fully saturated rings. The zero-order chi connectivity index (χ0) is 19.1. The van der Waals surface area contributed by atoms with Crippen LogP contribution in [0.4, 0.5) is 5.69 Å². The van der Waals surface area contributed by atoms with E-state index < -0.39 is 0 Å². The third-order valence-electron chi connectivity index (χ3n) is 3.61. The number of carbonyl (C=O) groups excluding carboxylic acids is 1. The Hall–Kier alpha value is -1.20. The average Bonchev–Trinajstić information content (AvgIpc) is 2.99. The summed E-state index contributed by atoms with van der Waals surface area (Å²) in [5.41, 5.74) is 2.79. The van der Waals surface area contributed by atoms with Gasteiger partial charge in [-0.25, -0.2) is 9.98 Å². The predicted octanol–water partition coefficient (Wildman–Crippen LogP) is 4.18. The Balaban J connectivity index is 0.00000364. The van der Waals surface area contributed by atoms with Crippen molar-refractivity contribution < 1.29 is 4.79 Å². The van der Waals surface area contributed by atoms with Crippen molar-refractivity contribution in [2.24, 2.45) is 4.99 Å². The molecule has 0 unspecified atom stereocenters. The number of nitrogens with zero attached hydrogens (tertiary/aromatic N) is 3. The number of aromatic nitrogens is 1. The number of thiazole rings is 1. The highest BCUT2D eigenvalue weighted by molar-refractivity contribution is 14.0. The zero-order valence-corrected chi connectivity index (χ0v) is 20.6. The number of hydrogen-bond donors (Lipinski definition) is 2. The first kappa shape index (κ1) is 23.8.